The number of thioether (sulfide) groups is 1. The van der Waals surface area contributed by atoms with Crippen LogP contribution in [0.25, 0.3) is 0 Å². The number of hydrogen-bond acceptors (Lipinski definition) is 4. The summed E-state index contributed by atoms with van der Waals surface area (Å²) in [6.45, 7) is 1.76. The Balaban J connectivity index is 1.70. The Kier molecular flexibility index (Phi) is 6.91. The number of amides is 1. The molecule has 2 aromatic carbocycles. The molecule has 0 spiro atoms. The molecule has 28 heavy (non-hydrogen) atoms. The fourth-order valence-corrected chi connectivity index (χ4v) is 3.91. The van der Waals surface area contributed by atoms with Crippen molar-refractivity contribution in [1.82, 2.24) is 5.32 Å². The molecule has 1 aliphatic heterocycles. The van der Waals surface area contributed by atoms with Gasteiger partial charge in [-0.05, 0) is 54.8 Å². The third kappa shape index (κ3) is 5.02. The predicted molar refractivity (Wildman–Crippen MR) is 105 cm³/mol. The van der Waals surface area contributed by atoms with Gasteiger partial charge in [0.2, 0.25) is 0 Å². The van der Waals surface area contributed by atoms with Crippen molar-refractivity contribution < 1.29 is 23.0 Å². The quantitative estimate of drug-likeness (QED) is 0.687. The molecule has 0 aromatic heterocycles. The molecule has 1 aliphatic rings. The van der Waals surface area contributed by atoms with E-state index in [2.05, 4.69) is 5.32 Å². The molecule has 150 valence electrons. The fourth-order valence-electron chi connectivity index (χ4n) is 3.41. The molecule has 1 amide bonds. The molecule has 2 aromatic rings. The molecule has 3 rings (SSSR count). The van der Waals surface area contributed by atoms with Crippen LogP contribution in [-0.4, -0.2) is 38.5 Å². The van der Waals surface area contributed by atoms with Crippen molar-refractivity contribution in [1.29, 1.82) is 0 Å². The van der Waals surface area contributed by atoms with Gasteiger partial charge in [-0.3, -0.25) is 4.79 Å². The monoisotopic (exact) mass is 407 g/mol. The van der Waals surface area contributed by atoms with Gasteiger partial charge in [-0.2, -0.15) is 8.78 Å². The van der Waals surface area contributed by atoms with E-state index in [1.54, 1.807) is 31.4 Å². The molecule has 0 radical (unpaired) electrons. The first-order valence-electron chi connectivity index (χ1n) is 9.08. The summed E-state index contributed by atoms with van der Waals surface area (Å²) in [5.41, 5.74) is 1.39. The van der Waals surface area contributed by atoms with Gasteiger partial charge in [0, 0.05) is 35.6 Å². The zero-order valence-electron chi connectivity index (χ0n) is 15.6. The van der Waals surface area contributed by atoms with Gasteiger partial charge < -0.3 is 14.8 Å². The van der Waals surface area contributed by atoms with E-state index in [0.717, 1.165) is 24.2 Å². The first kappa shape index (κ1) is 20.6. The van der Waals surface area contributed by atoms with E-state index in [-0.39, 0.29) is 11.3 Å². The van der Waals surface area contributed by atoms with Crippen LogP contribution < -0.4 is 10.1 Å². The third-order valence-electron chi connectivity index (χ3n) is 5.08. The van der Waals surface area contributed by atoms with Gasteiger partial charge >= 0.3 is 0 Å². The number of alkyl halides is 2. The standard InChI is InChI=1S/C21H23F2NO3S/c1-26-17-6-4-16(5-7-17)21(10-12-27-13-11-21)14-24-19(25)15-2-8-18(9-3-15)28-20(22)23/h2-9,20H,10-14H2,1H3,(H,24,25). The molecule has 0 bridgehead atoms. The maximum absolute atomic E-state index is 12.6. The first-order chi connectivity index (χ1) is 13.5. The summed E-state index contributed by atoms with van der Waals surface area (Å²) in [5.74, 6) is -1.90. The number of carbonyl (C=O) groups is 1. The average Bonchev–Trinajstić information content (AvgIpc) is 2.73. The van der Waals surface area contributed by atoms with E-state index in [1.807, 2.05) is 24.3 Å². The Morgan fingerprint density at radius 3 is 2.36 bits per heavy atom. The molecule has 4 nitrogen and oxygen atoms in total. The van der Waals surface area contributed by atoms with Gasteiger partial charge in [-0.15, -0.1) is 0 Å². The number of nitrogens with one attached hydrogen (secondary N) is 1. The second-order valence-corrected chi connectivity index (χ2v) is 7.77. The highest BCUT2D eigenvalue weighted by Gasteiger charge is 2.35. The highest BCUT2D eigenvalue weighted by atomic mass is 32.2. The molecule has 0 atom stereocenters. The molecule has 7 heteroatoms. The Morgan fingerprint density at radius 1 is 1.14 bits per heavy atom. The lowest BCUT2D eigenvalue weighted by molar-refractivity contribution is 0.0487. The predicted octanol–water partition coefficient (Wildman–Crippen LogP) is 4.49. The van der Waals surface area contributed by atoms with Crippen LogP contribution in [0.15, 0.2) is 53.4 Å². The van der Waals surface area contributed by atoms with Crippen molar-refractivity contribution in [3.63, 3.8) is 0 Å². The van der Waals surface area contributed by atoms with Crippen LogP contribution in [-0.2, 0) is 10.2 Å². The molecule has 1 N–H and O–H groups in total. The topological polar surface area (TPSA) is 47.6 Å². The Morgan fingerprint density at radius 2 is 1.79 bits per heavy atom. The van der Waals surface area contributed by atoms with E-state index < -0.39 is 5.76 Å². The molecular weight excluding hydrogens is 384 g/mol. The summed E-state index contributed by atoms with van der Waals surface area (Å²) in [4.78, 5) is 13.0. The summed E-state index contributed by atoms with van der Waals surface area (Å²) in [5, 5.41) is 3.02. The molecule has 0 saturated carbocycles. The molecule has 1 saturated heterocycles. The van der Waals surface area contributed by atoms with Crippen molar-refractivity contribution in [2.45, 2.75) is 28.9 Å². The van der Waals surface area contributed by atoms with Crippen LogP contribution in [0, 0.1) is 0 Å². The summed E-state index contributed by atoms with van der Waals surface area (Å²) < 4.78 is 35.6. The van der Waals surface area contributed by atoms with Crippen molar-refractivity contribution >= 4 is 17.7 Å². The van der Waals surface area contributed by atoms with E-state index in [1.165, 1.54) is 0 Å². The first-order valence-corrected chi connectivity index (χ1v) is 9.96. The van der Waals surface area contributed by atoms with Crippen LogP contribution in [0.5, 0.6) is 5.75 Å². The molecular formula is C21H23F2NO3S. The Hall–Kier alpha value is -2.12. The number of halogens is 2. The minimum absolute atomic E-state index is 0.203. The summed E-state index contributed by atoms with van der Waals surface area (Å²) in [6.07, 6.45) is 1.62. The number of ether oxygens (including phenoxy) is 2. The third-order valence-corrected chi connectivity index (χ3v) is 5.80. The van der Waals surface area contributed by atoms with E-state index >= 15 is 0 Å². The molecule has 1 fully saturated rings. The average molecular weight is 407 g/mol. The van der Waals surface area contributed by atoms with Gasteiger partial charge in [-0.1, -0.05) is 23.9 Å². The van der Waals surface area contributed by atoms with E-state index in [4.69, 9.17) is 9.47 Å². The van der Waals surface area contributed by atoms with Crippen molar-refractivity contribution in [3.8, 4) is 5.75 Å². The number of carbonyl (C=O) groups excluding carboxylic acids is 1. The SMILES string of the molecule is COc1ccc(C2(CNC(=O)c3ccc(SC(F)F)cc3)CCOCC2)cc1. The normalized spacial score (nSPS) is 16.0. The number of rotatable bonds is 7. The van der Waals surface area contributed by atoms with Crippen LogP contribution in [0.2, 0.25) is 0 Å². The number of hydrogen-bond donors (Lipinski definition) is 1. The summed E-state index contributed by atoms with van der Waals surface area (Å²) in [7, 11) is 1.63. The largest absolute Gasteiger partial charge is 0.497 e. The Bertz CT molecular complexity index is 775. The van der Waals surface area contributed by atoms with Crippen LogP contribution in [0.4, 0.5) is 8.78 Å². The van der Waals surface area contributed by atoms with Gasteiger partial charge in [0.25, 0.3) is 11.7 Å². The van der Waals surface area contributed by atoms with Crippen molar-refractivity contribution in [2.75, 3.05) is 26.9 Å². The number of benzene rings is 2. The molecule has 1 heterocycles. The molecule has 0 aliphatic carbocycles. The maximum Gasteiger partial charge on any atom is 0.288 e. The van der Waals surface area contributed by atoms with Crippen molar-refractivity contribution in [2.24, 2.45) is 0 Å². The minimum Gasteiger partial charge on any atom is -0.497 e. The molecule has 0 unspecified atom stereocenters. The van der Waals surface area contributed by atoms with Gasteiger partial charge in [0.1, 0.15) is 5.75 Å². The lowest BCUT2D eigenvalue weighted by atomic mass is 9.74. The smallest absolute Gasteiger partial charge is 0.288 e. The maximum atomic E-state index is 12.6. The van der Waals surface area contributed by atoms with Crippen LogP contribution >= 0.6 is 11.8 Å². The van der Waals surface area contributed by atoms with Gasteiger partial charge in [0.05, 0.1) is 7.11 Å². The van der Waals surface area contributed by atoms with Crippen LogP contribution in [0.1, 0.15) is 28.8 Å². The van der Waals surface area contributed by atoms with Crippen molar-refractivity contribution in [3.05, 3.63) is 59.7 Å². The lowest BCUT2D eigenvalue weighted by Gasteiger charge is -2.38. The zero-order valence-corrected chi connectivity index (χ0v) is 16.4. The van der Waals surface area contributed by atoms with Crippen LogP contribution in [0.3, 0.4) is 0 Å². The minimum atomic E-state index is -2.47. The highest BCUT2D eigenvalue weighted by molar-refractivity contribution is 7.99. The Labute approximate surface area is 167 Å². The highest BCUT2D eigenvalue weighted by Crippen LogP contribution is 2.35. The van der Waals surface area contributed by atoms with E-state index in [0.29, 0.717) is 42.0 Å². The lowest BCUT2D eigenvalue weighted by Crippen LogP contribution is -2.44. The second-order valence-electron chi connectivity index (χ2n) is 6.71. The van der Waals surface area contributed by atoms with Gasteiger partial charge in [-0.25, -0.2) is 0 Å². The number of methoxy groups -OCH3 is 1. The zero-order chi connectivity index (χ0) is 20.0. The fraction of sp³-hybridized carbons (Fsp3) is 0.381. The summed E-state index contributed by atoms with van der Waals surface area (Å²) in [6, 6.07) is 14.1. The summed E-state index contributed by atoms with van der Waals surface area (Å²) >= 11 is 0.465. The van der Waals surface area contributed by atoms with E-state index in [9.17, 15) is 13.6 Å². The van der Waals surface area contributed by atoms with Gasteiger partial charge in [0.15, 0.2) is 0 Å². The second kappa shape index (κ2) is 9.39.